The smallest absolute Gasteiger partial charge is 0.0273 e. The molecule has 0 amide bonds. The maximum absolute atomic E-state index is 5.68. The van der Waals surface area contributed by atoms with E-state index >= 15 is 0 Å². The number of benzene rings is 1. The number of nitrogens with two attached hydrogens (primary N) is 1. The van der Waals surface area contributed by atoms with Crippen molar-refractivity contribution in [3.05, 3.63) is 54.4 Å². The predicted octanol–water partition coefficient (Wildman–Crippen LogP) is 3.23. The van der Waals surface area contributed by atoms with Crippen LogP contribution in [0.5, 0.6) is 0 Å². The maximum atomic E-state index is 5.68. The summed E-state index contributed by atoms with van der Waals surface area (Å²) in [6, 6.07) is 12.9. The van der Waals surface area contributed by atoms with Crippen LogP contribution in [0.1, 0.15) is 17.9 Å². The molecule has 1 aliphatic rings. The lowest BCUT2D eigenvalue weighted by atomic mass is 10.0. The normalized spacial score (nSPS) is 21.2. The Hall–Kier alpha value is -1.38. The van der Waals surface area contributed by atoms with Gasteiger partial charge in [0.25, 0.3) is 0 Å². The summed E-state index contributed by atoms with van der Waals surface area (Å²) in [5, 5.41) is 0. The minimum atomic E-state index is 0. The summed E-state index contributed by atoms with van der Waals surface area (Å²) in [7, 11) is 0. The highest BCUT2D eigenvalue weighted by Gasteiger charge is 2.36. The maximum Gasteiger partial charge on any atom is 0.0273 e. The van der Waals surface area contributed by atoms with E-state index in [1.54, 1.807) is 0 Å². The molecule has 1 fully saturated rings. The SMILES string of the molecule is Cl.NC[C@@H]1C[C@H]1c1ccc(-c2ccncc2)cc1. The second-order valence-electron chi connectivity index (χ2n) is 4.70. The highest BCUT2D eigenvalue weighted by molar-refractivity contribution is 5.85. The number of aromatic nitrogens is 1. The van der Waals surface area contributed by atoms with Crippen LogP contribution < -0.4 is 5.73 Å². The molecule has 18 heavy (non-hydrogen) atoms. The number of hydrogen-bond acceptors (Lipinski definition) is 2. The van der Waals surface area contributed by atoms with E-state index in [1.807, 2.05) is 24.5 Å². The van der Waals surface area contributed by atoms with Crippen LogP contribution >= 0.6 is 12.4 Å². The van der Waals surface area contributed by atoms with Gasteiger partial charge in [0, 0.05) is 12.4 Å². The van der Waals surface area contributed by atoms with Crippen molar-refractivity contribution in [1.82, 2.24) is 4.98 Å². The van der Waals surface area contributed by atoms with E-state index in [1.165, 1.54) is 23.1 Å². The van der Waals surface area contributed by atoms with Crippen LogP contribution in [0.25, 0.3) is 11.1 Å². The molecule has 2 nitrogen and oxygen atoms in total. The van der Waals surface area contributed by atoms with Gasteiger partial charge in [0.1, 0.15) is 0 Å². The van der Waals surface area contributed by atoms with Crippen molar-refractivity contribution in [1.29, 1.82) is 0 Å². The van der Waals surface area contributed by atoms with Gasteiger partial charge in [0.15, 0.2) is 0 Å². The highest BCUT2D eigenvalue weighted by atomic mass is 35.5. The third-order valence-corrected chi connectivity index (χ3v) is 3.58. The topological polar surface area (TPSA) is 38.9 Å². The van der Waals surface area contributed by atoms with E-state index in [9.17, 15) is 0 Å². The molecule has 0 radical (unpaired) electrons. The molecular weight excluding hydrogens is 244 g/mol. The Balaban J connectivity index is 0.00000120. The minimum absolute atomic E-state index is 0. The molecule has 2 aromatic rings. The summed E-state index contributed by atoms with van der Waals surface area (Å²) in [5.41, 5.74) is 9.58. The fourth-order valence-corrected chi connectivity index (χ4v) is 2.38. The van der Waals surface area contributed by atoms with Gasteiger partial charge >= 0.3 is 0 Å². The molecule has 1 aromatic heterocycles. The lowest BCUT2D eigenvalue weighted by molar-refractivity contribution is 0.810. The molecule has 1 saturated carbocycles. The third kappa shape index (κ3) is 2.55. The van der Waals surface area contributed by atoms with Crippen LogP contribution in [0.2, 0.25) is 0 Å². The largest absolute Gasteiger partial charge is 0.330 e. The van der Waals surface area contributed by atoms with E-state index in [0.29, 0.717) is 11.8 Å². The fourth-order valence-electron chi connectivity index (χ4n) is 2.38. The first-order valence-corrected chi connectivity index (χ1v) is 6.09. The van der Waals surface area contributed by atoms with Crippen molar-refractivity contribution in [2.45, 2.75) is 12.3 Å². The molecule has 2 atom stereocenters. The molecule has 0 bridgehead atoms. The van der Waals surface area contributed by atoms with Crippen molar-refractivity contribution in [2.75, 3.05) is 6.54 Å². The van der Waals surface area contributed by atoms with Crippen molar-refractivity contribution in [2.24, 2.45) is 11.7 Å². The standard InChI is InChI=1S/C15H16N2.ClH/c16-10-14-9-15(14)13-3-1-11(2-4-13)12-5-7-17-8-6-12;/h1-8,14-15H,9-10,16H2;1H/t14-,15-;/m0./s1. The van der Waals surface area contributed by atoms with E-state index in [2.05, 4.69) is 29.2 Å². The Morgan fingerprint density at radius 3 is 2.17 bits per heavy atom. The zero-order valence-electron chi connectivity index (χ0n) is 10.1. The van der Waals surface area contributed by atoms with Crippen molar-refractivity contribution in [3.8, 4) is 11.1 Å². The third-order valence-electron chi connectivity index (χ3n) is 3.58. The molecule has 0 aliphatic heterocycles. The Labute approximate surface area is 114 Å². The summed E-state index contributed by atoms with van der Waals surface area (Å²) >= 11 is 0. The quantitative estimate of drug-likeness (QED) is 0.920. The summed E-state index contributed by atoms with van der Waals surface area (Å²) in [6.07, 6.45) is 4.91. The van der Waals surface area contributed by atoms with Crippen LogP contribution in [-0.4, -0.2) is 11.5 Å². The van der Waals surface area contributed by atoms with Crippen molar-refractivity contribution >= 4 is 12.4 Å². The summed E-state index contributed by atoms with van der Waals surface area (Å²) in [6.45, 7) is 0.816. The Kier molecular flexibility index (Phi) is 4.00. The molecule has 94 valence electrons. The molecule has 1 aromatic carbocycles. The lowest BCUT2D eigenvalue weighted by Gasteiger charge is -2.03. The fraction of sp³-hybridized carbons (Fsp3) is 0.267. The van der Waals surface area contributed by atoms with Gasteiger partial charge in [-0.05, 0) is 53.6 Å². The van der Waals surface area contributed by atoms with Gasteiger partial charge in [-0.2, -0.15) is 0 Å². The Bertz CT molecular complexity index is 496. The second kappa shape index (κ2) is 5.51. The predicted molar refractivity (Wildman–Crippen MR) is 76.8 cm³/mol. The summed E-state index contributed by atoms with van der Waals surface area (Å²) in [5.74, 6) is 1.41. The molecule has 2 N–H and O–H groups in total. The van der Waals surface area contributed by atoms with Crippen LogP contribution in [0, 0.1) is 5.92 Å². The molecule has 1 aliphatic carbocycles. The van der Waals surface area contributed by atoms with Gasteiger partial charge in [-0.1, -0.05) is 24.3 Å². The molecule has 3 heteroatoms. The van der Waals surface area contributed by atoms with E-state index < -0.39 is 0 Å². The number of halogens is 1. The van der Waals surface area contributed by atoms with Crippen molar-refractivity contribution in [3.63, 3.8) is 0 Å². The van der Waals surface area contributed by atoms with Crippen molar-refractivity contribution < 1.29 is 0 Å². The van der Waals surface area contributed by atoms with Gasteiger partial charge in [-0.25, -0.2) is 0 Å². The molecule has 0 spiro atoms. The van der Waals surface area contributed by atoms with Crippen LogP contribution in [0.3, 0.4) is 0 Å². The van der Waals surface area contributed by atoms with Gasteiger partial charge in [-0.15, -0.1) is 12.4 Å². The first kappa shape index (κ1) is 13.1. The average Bonchev–Trinajstić information content (AvgIpc) is 3.19. The number of pyridine rings is 1. The number of hydrogen-bond donors (Lipinski definition) is 1. The van der Waals surface area contributed by atoms with Gasteiger partial charge < -0.3 is 5.73 Å². The number of nitrogens with zero attached hydrogens (tertiary/aromatic N) is 1. The second-order valence-corrected chi connectivity index (χ2v) is 4.70. The highest BCUT2D eigenvalue weighted by Crippen LogP contribution is 2.46. The number of rotatable bonds is 3. The summed E-state index contributed by atoms with van der Waals surface area (Å²) in [4.78, 5) is 4.03. The zero-order chi connectivity index (χ0) is 11.7. The molecule has 3 rings (SSSR count). The van der Waals surface area contributed by atoms with E-state index in [-0.39, 0.29) is 12.4 Å². The van der Waals surface area contributed by atoms with E-state index in [4.69, 9.17) is 5.73 Å². The van der Waals surface area contributed by atoms with Crippen LogP contribution in [0.4, 0.5) is 0 Å². The van der Waals surface area contributed by atoms with Gasteiger partial charge in [0.05, 0.1) is 0 Å². The Morgan fingerprint density at radius 2 is 1.61 bits per heavy atom. The van der Waals surface area contributed by atoms with Crippen LogP contribution in [-0.2, 0) is 0 Å². The minimum Gasteiger partial charge on any atom is -0.330 e. The zero-order valence-corrected chi connectivity index (χ0v) is 10.9. The molecular formula is C15H17ClN2. The Morgan fingerprint density at radius 1 is 1.00 bits per heavy atom. The average molecular weight is 261 g/mol. The summed E-state index contributed by atoms with van der Waals surface area (Å²) < 4.78 is 0. The first-order chi connectivity index (χ1) is 8.38. The molecule has 0 unspecified atom stereocenters. The molecule has 1 heterocycles. The molecule has 0 saturated heterocycles. The van der Waals surface area contributed by atoms with Crippen LogP contribution in [0.15, 0.2) is 48.8 Å². The van der Waals surface area contributed by atoms with E-state index in [0.717, 1.165) is 6.54 Å². The first-order valence-electron chi connectivity index (χ1n) is 6.09. The lowest BCUT2D eigenvalue weighted by Crippen LogP contribution is -2.01. The van der Waals surface area contributed by atoms with Gasteiger partial charge in [0.2, 0.25) is 0 Å². The van der Waals surface area contributed by atoms with Gasteiger partial charge in [-0.3, -0.25) is 4.98 Å². The monoisotopic (exact) mass is 260 g/mol.